The third kappa shape index (κ3) is 5.00. The summed E-state index contributed by atoms with van der Waals surface area (Å²) >= 11 is 0. The molecule has 33 heavy (non-hydrogen) atoms. The van der Waals surface area contributed by atoms with E-state index in [4.69, 9.17) is 5.73 Å². The van der Waals surface area contributed by atoms with Crippen LogP contribution in [0.25, 0.3) is 16.8 Å². The van der Waals surface area contributed by atoms with Gasteiger partial charge in [-0.05, 0) is 23.8 Å². The van der Waals surface area contributed by atoms with Crippen molar-refractivity contribution in [3.05, 3.63) is 52.6 Å². The number of hydrogen-bond acceptors (Lipinski definition) is 7. The van der Waals surface area contributed by atoms with E-state index in [0.717, 1.165) is 6.07 Å². The Kier molecular flexibility index (Phi) is 6.48. The fraction of sp³-hybridized carbons (Fsp3) is 0.263. The number of pyridine rings is 2. The Balaban J connectivity index is 2.19. The van der Waals surface area contributed by atoms with Crippen LogP contribution in [0.3, 0.4) is 0 Å². The second-order valence-corrected chi connectivity index (χ2v) is 6.97. The molecule has 0 aliphatic rings. The van der Waals surface area contributed by atoms with Crippen LogP contribution in [0.4, 0.5) is 27.8 Å². The molecule has 0 fully saturated rings. The molecule has 176 valence electrons. The second kappa shape index (κ2) is 8.97. The Morgan fingerprint density at radius 2 is 1.88 bits per heavy atom. The molecule has 0 saturated heterocycles. The van der Waals surface area contributed by atoms with Gasteiger partial charge in [0.2, 0.25) is 5.88 Å². The molecule has 2 N–H and O–H groups in total. The Morgan fingerprint density at radius 3 is 2.39 bits per heavy atom. The second-order valence-electron chi connectivity index (χ2n) is 6.97. The molecule has 0 aromatic carbocycles. The van der Waals surface area contributed by atoms with E-state index < -0.39 is 48.5 Å². The number of carbonyl (C=O) groups is 1. The minimum atomic E-state index is -5.34. The lowest BCUT2D eigenvalue weighted by atomic mass is 10.1. The predicted molar refractivity (Wildman–Crippen MR) is 107 cm³/mol. The molecule has 0 aliphatic heterocycles. The number of aromatic nitrogens is 4. The summed E-state index contributed by atoms with van der Waals surface area (Å²) in [5, 5.41) is 3.89. The molecule has 0 bridgehead atoms. The molecule has 9 nitrogen and oxygen atoms in total. The molecule has 0 spiro atoms. The average molecular weight is 472 g/mol. The summed E-state index contributed by atoms with van der Waals surface area (Å²) in [6.45, 7) is -1.28. The van der Waals surface area contributed by atoms with Crippen LogP contribution in [0.5, 0.6) is 5.88 Å². The Labute approximate surface area is 182 Å². The van der Waals surface area contributed by atoms with E-state index in [2.05, 4.69) is 14.8 Å². The maximum Gasteiger partial charge on any atom is 0.491 e. The molecule has 3 aromatic heterocycles. The number of halogens is 5. The van der Waals surface area contributed by atoms with E-state index >= 15 is 0 Å². The molecule has 0 amide bonds. The Bertz CT molecular complexity index is 1270. The number of carbonyl (C=O) groups excluding carboxylic acids is 1. The molecule has 0 unspecified atom stereocenters. The smallest absolute Gasteiger partial charge is 0.402 e. The van der Waals surface area contributed by atoms with Gasteiger partial charge < -0.3 is 15.4 Å². The summed E-state index contributed by atoms with van der Waals surface area (Å²) < 4.78 is 69.9. The number of esters is 1. The van der Waals surface area contributed by atoms with Gasteiger partial charge in [0.05, 0.1) is 6.54 Å². The molecule has 3 rings (SSSR count). The van der Waals surface area contributed by atoms with Crippen molar-refractivity contribution < 1.29 is 31.5 Å². The van der Waals surface area contributed by atoms with Gasteiger partial charge in [-0.25, -0.2) is 23.7 Å². The maximum absolute atomic E-state index is 13.0. The standard InChI is InChI=1S/C19H17F5N6O3/c1-28(2)13-4-3-10(8-26-13)11-5-14-27-29(9-12(7-25)16(20)21)18(32)30(14)15(6-11)33-17(31)19(22,23)24/h3-6,8H,7,9,25H2,1-2H3. The highest BCUT2D eigenvalue weighted by atomic mass is 19.4. The first-order chi connectivity index (χ1) is 15.4. The van der Waals surface area contributed by atoms with Crippen molar-refractivity contribution in [1.82, 2.24) is 19.2 Å². The predicted octanol–water partition coefficient (Wildman–Crippen LogP) is 2.20. The van der Waals surface area contributed by atoms with Crippen molar-refractivity contribution in [2.24, 2.45) is 5.73 Å². The van der Waals surface area contributed by atoms with Crippen LogP contribution in [0.15, 0.2) is 46.9 Å². The SMILES string of the molecule is CN(C)c1ccc(-c2cc(OC(=O)C(F)(F)F)n3c(=O)n(CC(CN)=C(F)F)nc3c2)cn1. The highest BCUT2D eigenvalue weighted by Gasteiger charge is 2.42. The number of nitrogens with two attached hydrogens (primary N) is 1. The normalized spacial score (nSPS) is 11.5. The molecular weight excluding hydrogens is 455 g/mol. The van der Waals surface area contributed by atoms with Crippen molar-refractivity contribution in [3.63, 3.8) is 0 Å². The van der Waals surface area contributed by atoms with Crippen LogP contribution in [-0.2, 0) is 11.3 Å². The molecule has 3 heterocycles. The van der Waals surface area contributed by atoms with E-state index in [9.17, 15) is 31.5 Å². The van der Waals surface area contributed by atoms with Crippen molar-refractivity contribution >= 4 is 17.4 Å². The van der Waals surface area contributed by atoms with Crippen LogP contribution in [0.1, 0.15) is 0 Å². The first kappa shape index (κ1) is 23.8. The largest absolute Gasteiger partial charge is 0.491 e. The fourth-order valence-corrected chi connectivity index (χ4v) is 2.80. The minimum absolute atomic E-state index is 0.216. The monoisotopic (exact) mass is 472 g/mol. The highest BCUT2D eigenvalue weighted by Crippen LogP contribution is 2.28. The van der Waals surface area contributed by atoms with Crippen molar-refractivity contribution in [2.45, 2.75) is 12.7 Å². The van der Waals surface area contributed by atoms with Crippen LogP contribution in [0.2, 0.25) is 0 Å². The van der Waals surface area contributed by atoms with Gasteiger partial charge in [0.1, 0.15) is 5.82 Å². The molecule has 0 aliphatic carbocycles. The van der Waals surface area contributed by atoms with Gasteiger partial charge in [0, 0.05) is 44.0 Å². The lowest BCUT2D eigenvalue weighted by Crippen LogP contribution is -2.30. The van der Waals surface area contributed by atoms with Crippen LogP contribution >= 0.6 is 0 Å². The quantitative estimate of drug-likeness (QED) is 0.433. The van der Waals surface area contributed by atoms with Crippen molar-refractivity contribution in [3.8, 4) is 17.0 Å². The molecule has 3 aromatic rings. The Morgan fingerprint density at radius 1 is 1.18 bits per heavy atom. The number of nitrogens with zero attached hydrogens (tertiary/aromatic N) is 5. The third-order valence-corrected chi connectivity index (χ3v) is 4.47. The minimum Gasteiger partial charge on any atom is -0.402 e. The van der Waals surface area contributed by atoms with Gasteiger partial charge in [0.25, 0.3) is 6.08 Å². The summed E-state index contributed by atoms with van der Waals surface area (Å²) in [5.41, 5.74) is 3.93. The van der Waals surface area contributed by atoms with E-state index in [1.165, 1.54) is 12.3 Å². The fourth-order valence-electron chi connectivity index (χ4n) is 2.80. The van der Waals surface area contributed by atoms with Crippen molar-refractivity contribution in [1.29, 1.82) is 0 Å². The topological polar surface area (TPSA) is 108 Å². The van der Waals surface area contributed by atoms with Gasteiger partial charge in [-0.3, -0.25) is 0 Å². The van der Waals surface area contributed by atoms with E-state index in [0.29, 0.717) is 20.5 Å². The molecule has 0 radical (unpaired) electrons. The zero-order chi connectivity index (χ0) is 24.5. The molecular formula is C19H17F5N6O3. The van der Waals surface area contributed by atoms with Crippen LogP contribution in [0, 0.1) is 0 Å². The third-order valence-electron chi connectivity index (χ3n) is 4.47. The van der Waals surface area contributed by atoms with Gasteiger partial charge in [-0.15, -0.1) is 5.10 Å². The number of rotatable bonds is 6. The summed E-state index contributed by atoms with van der Waals surface area (Å²) in [4.78, 5) is 30.0. The molecule has 14 heteroatoms. The number of alkyl halides is 3. The Hall–Kier alpha value is -3.81. The van der Waals surface area contributed by atoms with Crippen LogP contribution < -0.4 is 21.1 Å². The average Bonchev–Trinajstić information content (AvgIpc) is 3.06. The first-order valence-electron chi connectivity index (χ1n) is 9.21. The van der Waals surface area contributed by atoms with Crippen LogP contribution in [-0.4, -0.2) is 52.0 Å². The molecule has 0 atom stereocenters. The molecule has 0 saturated carbocycles. The van der Waals surface area contributed by atoms with E-state index in [-0.39, 0.29) is 11.2 Å². The lowest BCUT2D eigenvalue weighted by Gasteiger charge is -2.12. The van der Waals surface area contributed by atoms with E-state index in [1.54, 1.807) is 31.1 Å². The van der Waals surface area contributed by atoms with Gasteiger partial charge in [-0.2, -0.15) is 22.0 Å². The van der Waals surface area contributed by atoms with Gasteiger partial charge in [0.15, 0.2) is 5.65 Å². The highest BCUT2D eigenvalue weighted by molar-refractivity contribution is 5.79. The first-order valence-corrected chi connectivity index (χ1v) is 9.21. The summed E-state index contributed by atoms with van der Waals surface area (Å²) in [6.07, 6.45) is -6.04. The zero-order valence-electron chi connectivity index (χ0n) is 17.2. The zero-order valence-corrected chi connectivity index (χ0v) is 17.2. The summed E-state index contributed by atoms with van der Waals surface area (Å²) in [5.74, 6) is -2.77. The number of fused-ring (bicyclic) bond motifs is 1. The maximum atomic E-state index is 13.0. The number of hydrogen-bond donors (Lipinski definition) is 1. The number of ether oxygens (including phenoxy) is 1. The number of anilines is 1. The lowest BCUT2D eigenvalue weighted by molar-refractivity contribution is -0.190. The van der Waals surface area contributed by atoms with E-state index in [1.807, 2.05) is 0 Å². The summed E-state index contributed by atoms with van der Waals surface area (Å²) in [6, 6.07) is 5.57. The van der Waals surface area contributed by atoms with Gasteiger partial charge >= 0.3 is 17.8 Å². The van der Waals surface area contributed by atoms with Gasteiger partial charge in [-0.1, -0.05) is 0 Å². The summed E-state index contributed by atoms with van der Waals surface area (Å²) in [7, 11) is 3.51. The van der Waals surface area contributed by atoms with Crippen molar-refractivity contribution in [2.75, 3.05) is 25.5 Å².